The fourth-order valence-corrected chi connectivity index (χ4v) is 2.35. The molecule has 0 fully saturated rings. The van der Waals surface area contributed by atoms with Gasteiger partial charge in [-0.15, -0.1) is 0 Å². The number of carboxylic acids is 1. The fourth-order valence-electron chi connectivity index (χ4n) is 2.35. The molecule has 0 aliphatic heterocycles. The maximum Gasteiger partial charge on any atom is 0.357 e. The van der Waals surface area contributed by atoms with Gasteiger partial charge in [0.1, 0.15) is 12.9 Å². The van der Waals surface area contributed by atoms with E-state index in [9.17, 15) is 9.90 Å². The number of imidazole rings is 1. The lowest BCUT2D eigenvalue weighted by Crippen LogP contribution is -2.16. The molecule has 0 bridgehead atoms. The fraction of sp³-hybridized carbons (Fsp3) is 0.389. The zero-order valence-corrected chi connectivity index (χ0v) is 14.7. The van der Waals surface area contributed by atoms with Gasteiger partial charge < -0.3 is 14.7 Å². The van der Waals surface area contributed by atoms with Crippen molar-refractivity contribution in [2.45, 2.75) is 27.2 Å². The number of nitriles is 1. The van der Waals surface area contributed by atoms with E-state index in [-0.39, 0.29) is 5.69 Å². The van der Waals surface area contributed by atoms with Crippen molar-refractivity contribution in [3.05, 3.63) is 35.7 Å². The highest BCUT2D eigenvalue weighted by atomic mass is 16.6. The van der Waals surface area contributed by atoms with Gasteiger partial charge in [0.25, 0.3) is 0 Å². The molecule has 0 atom stereocenters. The second-order valence-electron chi connectivity index (χ2n) is 6.24. The highest BCUT2D eigenvalue weighted by molar-refractivity contribution is 5.88. The van der Waals surface area contributed by atoms with Crippen molar-refractivity contribution >= 4 is 5.97 Å². The monoisotopic (exact) mass is 343 g/mol. The molecule has 0 saturated carbocycles. The number of aryl methyl sites for hydroxylation is 1. The van der Waals surface area contributed by atoms with Crippen molar-refractivity contribution in [1.82, 2.24) is 9.71 Å². The van der Waals surface area contributed by atoms with E-state index in [2.05, 4.69) is 11.1 Å². The van der Waals surface area contributed by atoms with Crippen LogP contribution >= 0.6 is 0 Å². The van der Waals surface area contributed by atoms with E-state index in [1.807, 2.05) is 26.0 Å². The van der Waals surface area contributed by atoms with E-state index in [1.54, 1.807) is 19.1 Å². The van der Waals surface area contributed by atoms with Crippen LogP contribution in [0.1, 0.15) is 36.5 Å². The third kappa shape index (κ3) is 3.91. The minimum atomic E-state index is -1.12. The molecule has 2 rings (SSSR count). The SMILES string of the molecule is COn1c(-c2ccccc2OCCC(C)(C)C#N)nc(C)c1C(=O)O. The summed E-state index contributed by atoms with van der Waals surface area (Å²) in [4.78, 5) is 21.0. The summed E-state index contributed by atoms with van der Waals surface area (Å²) in [5.74, 6) is -0.212. The molecule has 7 nitrogen and oxygen atoms in total. The van der Waals surface area contributed by atoms with Crippen LogP contribution in [0.15, 0.2) is 24.3 Å². The highest BCUT2D eigenvalue weighted by Crippen LogP contribution is 2.31. The summed E-state index contributed by atoms with van der Waals surface area (Å²) in [7, 11) is 1.38. The van der Waals surface area contributed by atoms with Crippen molar-refractivity contribution in [2.75, 3.05) is 13.7 Å². The van der Waals surface area contributed by atoms with Crippen LogP contribution in [0.5, 0.6) is 5.75 Å². The molecule has 1 aromatic carbocycles. The van der Waals surface area contributed by atoms with Crippen molar-refractivity contribution in [1.29, 1.82) is 5.26 Å². The smallest absolute Gasteiger partial charge is 0.357 e. The van der Waals surface area contributed by atoms with Gasteiger partial charge in [-0.1, -0.05) is 12.1 Å². The van der Waals surface area contributed by atoms with Gasteiger partial charge in [-0.25, -0.2) is 9.78 Å². The summed E-state index contributed by atoms with van der Waals surface area (Å²) in [6.07, 6.45) is 0.565. The predicted octanol–water partition coefficient (Wildman–Crippen LogP) is 2.93. The molecule has 132 valence electrons. The van der Waals surface area contributed by atoms with Gasteiger partial charge in [-0.2, -0.15) is 9.99 Å². The molecule has 2 aromatic rings. The largest absolute Gasteiger partial charge is 0.493 e. The topological polar surface area (TPSA) is 97.4 Å². The minimum absolute atomic E-state index is 0.0297. The maximum atomic E-state index is 11.4. The Hall–Kier alpha value is -3.01. The lowest BCUT2D eigenvalue weighted by molar-refractivity contribution is 0.0640. The van der Waals surface area contributed by atoms with Crippen LogP contribution in [0.3, 0.4) is 0 Å². The zero-order chi connectivity index (χ0) is 18.6. The number of rotatable bonds is 7. The molecular weight excluding hydrogens is 322 g/mol. The number of aromatic carboxylic acids is 1. The van der Waals surface area contributed by atoms with Crippen molar-refractivity contribution < 1.29 is 19.5 Å². The van der Waals surface area contributed by atoms with Gasteiger partial charge in [-0.3, -0.25) is 0 Å². The van der Waals surface area contributed by atoms with Crippen LogP contribution < -0.4 is 9.57 Å². The quantitative estimate of drug-likeness (QED) is 0.830. The molecule has 0 unspecified atom stereocenters. The van der Waals surface area contributed by atoms with E-state index < -0.39 is 11.4 Å². The van der Waals surface area contributed by atoms with Gasteiger partial charge in [0.2, 0.25) is 0 Å². The Morgan fingerprint density at radius 3 is 2.68 bits per heavy atom. The Bertz CT molecular complexity index is 818. The normalized spacial score (nSPS) is 11.0. The molecular formula is C18H21N3O4. The number of carboxylic acid groups (broad SMARTS) is 1. The lowest BCUT2D eigenvalue weighted by atomic mass is 9.92. The van der Waals surface area contributed by atoms with Crippen molar-refractivity contribution in [2.24, 2.45) is 5.41 Å². The lowest BCUT2D eigenvalue weighted by Gasteiger charge is -2.17. The second-order valence-corrected chi connectivity index (χ2v) is 6.24. The van der Waals surface area contributed by atoms with Gasteiger partial charge in [-0.05, 0) is 39.3 Å². The number of ether oxygens (including phenoxy) is 1. The molecule has 25 heavy (non-hydrogen) atoms. The van der Waals surface area contributed by atoms with E-state index >= 15 is 0 Å². The number of benzene rings is 1. The van der Waals surface area contributed by atoms with Crippen LogP contribution in [-0.4, -0.2) is 34.5 Å². The Balaban J connectivity index is 2.37. The summed E-state index contributed by atoms with van der Waals surface area (Å²) >= 11 is 0. The molecule has 1 N–H and O–H groups in total. The molecule has 7 heteroatoms. The van der Waals surface area contributed by atoms with Crippen LogP contribution in [0, 0.1) is 23.7 Å². The molecule has 0 radical (unpaired) electrons. The van der Waals surface area contributed by atoms with Gasteiger partial charge in [0.15, 0.2) is 11.5 Å². The molecule has 1 heterocycles. The van der Waals surface area contributed by atoms with Crippen molar-refractivity contribution in [3.63, 3.8) is 0 Å². The van der Waals surface area contributed by atoms with Crippen LogP contribution in [-0.2, 0) is 0 Å². The van der Waals surface area contributed by atoms with Crippen molar-refractivity contribution in [3.8, 4) is 23.2 Å². The average molecular weight is 343 g/mol. The number of aromatic nitrogens is 2. The van der Waals surface area contributed by atoms with E-state index in [0.29, 0.717) is 35.9 Å². The van der Waals surface area contributed by atoms with Crippen LogP contribution in [0.2, 0.25) is 0 Å². The summed E-state index contributed by atoms with van der Waals surface area (Å²) in [5.41, 5.74) is 0.463. The Kier molecular flexibility index (Phi) is 5.32. The minimum Gasteiger partial charge on any atom is -0.493 e. The van der Waals surface area contributed by atoms with Gasteiger partial charge in [0, 0.05) is 0 Å². The maximum absolute atomic E-state index is 11.4. The van der Waals surface area contributed by atoms with Crippen LogP contribution in [0.25, 0.3) is 11.4 Å². The number of para-hydroxylation sites is 1. The standard InChI is InChI=1S/C18H21N3O4/c1-12-15(17(22)23)21(24-4)16(20-12)13-7-5-6-8-14(13)25-10-9-18(2,3)11-19/h5-8H,9-10H2,1-4H3,(H,22,23). The molecule has 0 saturated heterocycles. The Labute approximate surface area is 146 Å². The number of hydrogen-bond acceptors (Lipinski definition) is 5. The number of hydrogen-bond donors (Lipinski definition) is 1. The summed E-state index contributed by atoms with van der Waals surface area (Å²) in [5, 5.41) is 18.4. The zero-order valence-electron chi connectivity index (χ0n) is 14.7. The molecule has 1 aromatic heterocycles. The number of nitrogens with zero attached hydrogens (tertiary/aromatic N) is 3. The first-order chi connectivity index (χ1) is 11.8. The Morgan fingerprint density at radius 2 is 2.08 bits per heavy atom. The number of carbonyl (C=O) groups is 1. The highest BCUT2D eigenvalue weighted by Gasteiger charge is 2.24. The first-order valence-corrected chi connectivity index (χ1v) is 7.81. The molecule has 0 amide bonds. The Morgan fingerprint density at radius 1 is 1.40 bits per heavy atom. The first kappa shape index (κ1) is 18.3. The second kappa shape index (κ2) is 7.26. The molecule has 0 spiro atoms. The van der Waals surface area contributed by atoms with Crippen LogP contribution in [0.4, 0.5) is 0 Å². The predicted molar refractivity (Wildman–Crippen MR) is 91.4 cm³/mol. The third-order valence-electron chi connectivity index (χ3n) is 3.81. The van der Waals surface area contributed by atoms with E-state index in [4.69, 9.17) is 14.8 Å². The van der Waals surface area contributed by atoms with Gasteiger partial charge in [0.05, 0.1) is 29.3 Å². The first-order valence-electron chi connectivity index (χ1n) is 7.81. The third-order valence-corrected chi connectivity index (χ3v) is 3.81. The van der Waals surface area contributed by atoms with E-state index in [0.717, 1.165) is 0 Å². The molecule has 0 aliphatic rings. The average Bonchev–Trinajstić information content (AvgIpc) is 2.91. The molecule has 0 aliphatic carbocycles. The van der Waals surface area contributed by atoms with E-state index in [1.165, 1.54) is 11.8 Å². The van der Waals surface area contributed by atoms with Gasteiger partial charge >= 0.3 is 5.97 Å². The summed E-state index contributed by atoms with van der Waals surface area (Å²) in [6, 6.07) is 9.43. The summed E-state index contributed by atoms with van der Waals surface area (Å²) < 4.78 is 7.01. The summed E-state index contributed by atoms with van der Waals surface area (Å²) in [6.45, 7) is 5.67.